The van der Waals surface area contributed by atoms with Gasteiger partial charge in [-0.25, -0.2) is 4.79 Å². The molecular formula is C25H29N5O5. The number of aromatic amines is 1. The predicted octanol–water partition coefficient (Wildman–Crippen LogP) is 0.471. The second kappa shape index (κ2) is 11.8. The molecule has 0 fully saturated rings. The molecule has 0 bridgehead atoms. The molecule has 3 amide bonds. The molecule has 10 nitrogen and oxygen atoms in total. The van der Waals surface area contributed by atoms with Gasteiger partial charge in [0, 0.05) is 29.9 Å². The van der Waals surface area contributed by atoms with Crippen LogP contribution in [0.5, 0.6) is 0 Å². The van der Waals surface area contributed by atoms with Gasteiger partial charge >= 0.3 is 5.97 Å². The highest BCUT2D eigenvalue weighted by Crippen LogP contribution is 2.19. The van der Waals surface area contributed by atoms with E-state index in [1.165, 1.54) is 6.92 Å². The highest BCUT2D eigenvalue weighted by Gasteiger charge is 2.29. The Balaban J connectivity index is 1.77. The Morgan fingerprint density at radius 2 is 1.54 bits per heavy atom. The highest BCUT2D eigenvalue weighted by atomic mass is 16.4. The molecule has 0 aliphatic rings. The third-order valence-electron chi connectivity index (χ3n) is 5.59. The molecule has 2 aromatic carbocycles. The number of amides is 3. The molecule has 7 N–H and O–H groups in total. The van der Waals surface area contributed by atoms with E-state index in [0.29, 0.717) is 0 Å². The molecule has 0 saturated carbocycles. The SMILES string of the molecule is CC(NC(=O)CN)C(=O)NC(Cc1ccccc1)C(=O)NC(Cc1c[nH]c2ccccc12)C(=O)O. The lowest BCUT2D eigenvalue weighted by molar-refractivity contribution is -0.142. The van der Waals surface area contributed by atoms with E-state index in [1.54, 1.807) is 30.5 Å². The minimum absolute atomic E-state index is 0.0556. The van der Waals surface area contributed by atoms with E-state index in [0.717, 1.165) is 22.0 Å². The lowest BCUT2D eigenvalue weighted by Crippen LogP contribution is -2.56. The number of aromatic nitrogens is 1. The zero-order valence-electron chi connectivity index (χ0n) is 19.3. The van der Waals surface area contributed by atoms with Crippen molar-refractivity contribution in [2.75, 3.05) is 6.54 Å². The fourth-order valence-corrected chi connectivity index (χ4v) is 3.71. The molecule has 0 spiro atoms. The first kappa shape index (κ1) is 25.4. The van der Waals surface area contributed by atoms with Gasteiger partial charge in [-0.1, -0.05) is 48.5 Å². The fraction of sp³-hybridized carbons (Fsp3) is 0.280. The number of hydrogen-bond acceptors (Lipinski definition) is 5. The quantitative estimate of drug-likeness (QED) is 0.234. The lowest BCUT2D eigenvalue weighted by atomic mass is 10.0. The number of rotatable bonds is 11. The van der Waals surface area contributed by atoms with Crippen molar-refractivity contribution in [3.05, 3.63) is 71.9 Å². The van der Waals surface area contributed by atoms with Crippen LogP contribution >= 0.6 is 0 Å². The molecule has 0 aliphatic heterocycles. The second-order valence-corrected chi connectivity index (χ2v) is 8.21. The van der Waals surface area contributed by atoms with Gasteiger partial charge in [-0.3, -0.25) is 14.4 Å². The summed E-state index contributed by atoms with van der Waals surface area (Å²) in [7, 11) is 0. The number of carbonyl (C=O) groups excluding carboxylic acids is 3. The van der Waals surface area contributed by atoms with Crippen molar-refractivity contribution in [3.63, 3.8) is 0 Å². The van der Waals surface area contributed by atoms with Crippen LogP contribution in [-0.4, -0.2) is 58.5 Å². The summed E-state index contributed by atoms with van der Waals surface area (Å²) in [5.41, 5.74) is 7.66. The Morgan fingerprint density at radius 3 is 2.23 bits per heavy atom. The molecule has 10 heteroatoms. The average Bonchev–Trinajstić information content (AvgIpc) is 3.26. The summed E-state index contributed by atoms with van der Waals surface area (Å²) in [6.45, 7) is 1.19. The summed E-state index contributed by atoms with van der Waals surface area (Å²) in [6.07, 6.45) is 1.91. The van der Waals surface area contributed by atoms with Crippen LogP contribution in [0.1, 0.15) is 18.1 Å². The fourth-order valence-electron chi connectivity index (χ4n) is 3.71. The van der Waals surface area contributed by atoms with Crippen LogP contribution in [0.4, 0.5) is 0 Å². The Hall–Kier alpha value is -4.18. The first-order valence-electron chi connectivity index (χ1n) is 11.2. The molecule has 3 atom stereocenters. The number of carboxylic acids is 1. The summed E-state index contributed by atoms with van der Waals surface area (Å²) < 4.78 is 0. The topological polar surface area (TPSA) is 166 Å². The minimum atomic E-state index is -1.22. The molecule has 0 saturated heterocycles. The third kappa shape index (κ3) is 6.90. The predicted molar refractivity (Wildman–Crippen MR) is 130 cm³/mol. The number of fused-ring (bicyclic) bond motifs is 1. The summed E-state index contributed by atoms with van der Waals surface area (Å²) in [5.74, 6) is -2.95. The van der Waals surface area contributed by atoms with E-state index in [4.69, 9.17) is 5.73 Å². The summed E-state index contributed by atoms with van der Waals surface area (Å²) >= 11 is 0. The minimum Gasteiger partial charge on any atom is -0.480 e. The standard InChI is InChI=1S/C25H29N5O5/c1-15(28-22(31)13-26)23(32)29-20(11-16-7-3-2-4-8-16)24(33)30-21(25(34)35)12-17-14-27-19-10-6-5-9-18(17)19/h2-10,14-15,20-21,27H,11-13,26H2,1H3,(H,28,31)(H,29,32)(H,30,33)(H,34,35). The summed E-state index contributed by atoms with van der Waals surface area (Å²) in [4.78, 5) is 52.5. The maximum absolute atomic E-state index is 13.2. The van der Waals surface area contributed by atoms with E-state index in [2.05, 4.69) is 20.9 Å². The number of nitrogens with two attached hydrogens (primary N) is 1. The normalized spacial score (nSPS) is 13.4. The van der Waals surface area contributed by atoms with Gasteiger partial charge in [-0.2, -0.15) is 0 Å². The van der Waals surface area contributed by atoms with Crippen molar-refractivity contribution in [2.45, 2.75) is 37.9 Å². The Bertz CT molecular complexity index is 1190. The highest BCUT2D eigenvalue weighted by molar-refractivity contribution is 5.94. The number of H-pyrrole nitrogens is 1. The molecule has 3 unspecified atom stereocenters. The Labute approximate surface area is 202 Å². The van der Waals surface area contributed by atoms with Gasteiger partial charge < -0.3 is 31.8 Å². The number of carbonyl (C=O) groups is 4. The van der Waals surface area contributed by atoms with E-state index in [9.17, 15) is 24.3 Å². The number of para-hydroxylation sites is 1. The van der Waals surface area contributed by atoms with Gasteiger partial charge in [-0.15, -0.1) is 0 Å². The number of nitrogens with one attached hydrogen (secondary N) is 4. The van der Waals surface area contributed by atoms with Crippen molar-refractivity contribution in [3.8, 4) is 0 Å². The van der Waals surface area contributed by atoms with Gasteiger partial charge in [0.1, 0.15) is 18.1 Å². The van der Waals surface area contributed by atoms with Crippen molar-refractivity contribution in [1.82, 2.24) is 20.9 Å². The van der Waals surface area contributed by atoms with Gasteiger partial charge in [0.15, 0.2) is 0 Å². The van der Waals surface area contributed by atoms with E-state index >= 15 is 0 Å². The van der Waals surface area contributed by atoms with Crippen LogP contribution in [0, 0.1) is 0 Å². The Morgan fingerprint density at radius 1 is 0.886 bits per heavy atom. The van der Waals surface area contributed by atoms with Gasteiger partial charge in [0.25, 0.3) is 0 Å². The summed E-state index contributed by atoms with van der Waals surface area (Å²) in [6, 6.07) is 13.3. The second-order valence-electron chi connectivity index (χ2n) is 8.21. The van der Waals surface area contributed by atoms with Crippen LogP contribution < -0.4 is 21.7 Å². The monoisotopic (exact) mass is 479 g/mol. The van der Waals surface area contributed by atoms with Crippen LogP contribution in [-0.2, 0) is 32.0 Å². The van der Waals surface area contributed by atoms with Crippen LogP contribution in [0.3, 0.4) is 0 Å². The van der Waals surface area contributed by atoms with Gasteiger partial charge in [0.2, 0.25) is 17.7 Å². The molecule has 1 heterocycles. The van der Waals surface area contributed by atoms with Gasteiger partial charge in [-0.05, 0) is 24.1 Å². The molecule has 35 heavy (non-hydrogen) atoms. The number of hydrogen-bond donors (Lipinski definition) is 6. The molecule has 0 radical (unpaired) electrons. The van der Waals surface area contributed by atoms with Crippen molar-refractivity contribution >= 4 is 34.6 Å². The number of aliphatic carboxylic acids is 1. The number of carboxylic acid groups (broad SMARTS) is 1. The molecule has 1 aromatic heterocycles. The molecule has 3 rings (SSSR count). The first-order chi connectivity index (χ1) is 16.8. The molecular weight excluding hydrogens is 450 g/mol. The molecule has 3 aromatic rings. The summed E-state index contributed by atoms with van der Waals surface area (Å²) in [5, 5.41) is 18.3. The van der Waals surface area contributed by atoms with E-state index < -0.39 is 41.8 Å². The first-order valence-corrected chi connectivity index (χ1v) is 11.2. The number of benzene rings is 2. The van der Waals surface area contributed by atoms with E-state index in [-0.39, 0.29) is 19.4 Å². The zero-order chi connectivity index (χ0) is 25.4. The maximum Gasteiger partial charge on any atom is 0.326 e. The maximum atomic E-state index is 13.2. The van der Waals surface area contributed by atoms with Crippen LogP contribution in [0.25, 0.3) is 10.9 Å². The van der Waals surface area contributed by atoms with Crippen LogP contribution in [0.2, 0.25) is 0 Å². The van der Waals surface area contributed by atoms with E-state index in [1.807, 2.05) is 30.3 Å². The lowest BCUT2D eigenvalue weighted by Gasteiger charge is -2.23. The zero-order valence-corrected chi connectivity index (χ0v) is 19.3. The molecule has 184 valence electrons. The largest absolute Gasteiger partial charge is 0.480 e. The van der Waals surface area contributed by atoms with Crippen LogP contribution in [0.15, 0.2) is 60.8 Å². The molecule has 0 aliphatic carbocycles. The van der Waals surface area contributed by atoms with Crippen molar-refractivity contribution in [1.29, 1.82) is 0 Å². The average molecular weight is 480 g/mol. The van der Waals surface area contributed by atoms with Crippen molar-refractivity contribution in [2.24, 2.45) is 5.73 Å². The van der Waals surface area contributed by atoms with Gasteiger partial charge in [0.05, 0.1) is 6.54 Å². The van der Waals surface area contributed by atoms with Crippen molar-refractivity contribution < 1.29 is 24.3 Å². The Kier molecular flexibility index (Phi) is 8.58. The third-order valence-corrected chi connectivity index (χ3v) is 5.59. The smallest absolute Gasteiger partial charge is 0.326 e.